The fourth-order valence-electron chi connectivity index (χ4n) is 3.13. The lowest BCUT2D eigenvalue weighted by Crippen LogP contribution is -2.48. The Morgan fingerprint density at radius 2 is 1.86 bits per heavy atom. The molecule has 0 unspecified atom stereocenters. The van der Waals surface area contributed by atoms with Crippen molar-refractivity contribution in [1.29, 1.82) is 5.26 Å². The molecule has 1 fully saturated rings. The summed E-state index contributed by atoms with van der Waals surface area (Å²) in [5.41, 5.74) is 0.686. The van der Waals surface area contributed by atoms with E-state index in [4.69, 9.17) is 16.9 Å². The Hall–Kier alpha value is -2.76. The topological polar surface area (TPSA) is 59.4 Å². The molecule has 152 valence electrons. The van der Waals surface area contributed by atoms with E-state index in [1.54, 1.807) is 12.1 Å². The molecule has 0 bridgehead atoms. The second kappa shape index (κ2) is 8.72. The monoisotopic (exact) mass is 422 g/mol. The number of nitriles is 1. The van der Waals surface area contributed by atoms with Crippen LogP contribution in [0.1, 0.15) is 11.1 Å². The molecule has 1 aliphatic rings. The summed E-state index contributed by atoms with van der Waals surface area (Å²) in [6, 6.07) is 11.9. The average molecular weight is 423 g/mol. The molecule has 1 saturated heterocycles. The van der Waals surface area contributed by atoms with E-state index in [9.17, 15) is 18.0 Å². The van der Waals surface area contributed by atoms with E-state index < -0.39 is 11.7 Å². The maximum atomic E-state index is 12.9. The van der Waals surface area contributed by atoms with Crippen molar-refractivity contribution in [2.45, 2.75) is 6.18 Å². The summed E-state index contributed by atoms with van der Waals surface area (Å²) in [6.07, 6.45) is -4.37. The molecular formula is C20H18ClF3N4O. The van der Waals surface area contributed by atoms with Crippen molar-refractivity contribution in [1.82, 2.24) is 4.90 Å². The standard InChI is InChI=1S/C20H18ClF3N4O/c21-18-11-16(5-4-14(18)12-25)26-19(29)13-27-6-8-28(9-7-27)17-3-1-2-15(10-17)20(22,23)24/h1-5,10-11H,6-9,13H2,(H,26,29). The zero-order valence-corrected chi connectivity index (χ0v) is 16.1. The van der Waals surface area contributed by atoms with Gasteiger partial charge in [-0.15, -0.1) is 0 Å². The van der Waals surface area contributed by atoms with Gasteiger partial charge in [0.1, 0.15) is 6.07 Å². The number of anilines is 2. The van der Waals surface area contributed by atoms with E-state index in [0.717, 1.165) is 12.1 Å². The molecular weight excluding hydrogens is 405 g/mol. The number of amides is 1. The number of carbonyl (C=O) groups is 1. The Bertz CT molecular complexity index is 934. The number of piperazine rings is 1. The molecule has 1 heterocycles. The molecule has 29 heavy (non-hydrogen) atoms. The second-order valence-corrected chi connectivity index (χ2v) is 7.07. The minimum atomic E-state index is -4.37. The van der Waals surface area contributed by atoms with Gasteiger partial charge < -0.3 is 10.2 Å². The molecule has 0 aliphatic carbocycles. The SMILES string of the molecule is N#Cc1ccc(NC(=O)CN2CCN(c3cccc(C(F)(F)F)c3)CC2)cc1Cl. The zero-order chi connectivity index (χ0) is 21.0. The summed E-state index contributed by atoms with van der Waals surface area (Å²) < 4.78 is 38.7. The Kier molecular flexibility index (Phi) is 6.30. The first kappa shape index (κ1) is 21.0. The van der Waals surface area contributed by atoms with Gasteiger partial charge >= 0.3 is 6.18 Å². The number of nitrogens with one attached hydrogen (secondary N) is 1. The van der Waals surface area contributed by atoms with Crippen LogP contribution in [0.4, 0.5) is 24.5 Å². The van der Waals surface area contributed by atoms with Crippen molar-refractivity contribution in [2.75, 3.05) is 42.9 Å². The minimum Gasteiger partial charge on any atom is -0.369 e. The van der Waals surface area contributed by atoms with Crippen LogP contribution in [0.25, 0.3) is 0 Å². The third-order valence-electron chi connectivity index (χ3n) is 4.65. The lowest BCUT2D eigenvalue weighted by molar-refractivity contribution is -0.137. The molecule has 9 heteroatoms. The van der Waals surface area contributed by atoms with Crippen LogP contribution in [0.3, 0.4) is 0 Å². The second-order valence-electron chi connectivity index (χ2n) is 6.67. The number of carbonyl (C=O) groups excluding carboxylic acids is 1. The van der Waals surface area contributed by atoms with E-state index in [-0.39, 0.29) is 17.5 Å². The van der Waals surface area contributed by atoms with Crippen LogP contribution in [0.2, 0.25) is 5.02 Å². The number of alkyl halides is 3. The smallest absolute Gasteiger partial charge is 0.369 e. The van der Waals surface area contributed by atoms with Crippen LogP contribution in [-0.2, 0) is 11.0 Å². The lowest BCUT2D eigenvalue weighted by atomic mass is 10.1. The summed E-state index contributed by atoms with van der Waals surface area (Å²) >= 11 is 5.96. The van der Waals surface area contributed by atoms with Gasteiger partial charge in [0.25, 0.3) is 0 Å². The first-order chi connectivity index (χ1) is 13.8. The largest absolute Gasteiger partial charge is 0.416 e. The van der Waals surface area contributed by atoms with Gasteiger partial charge in [0.05, 0.1) is 22.7 Å². The predicted molar refractivity (Wildman–Crippen MR) is 105 cm³/mol. The van der Waals surface area contributed by atoms with E-state index in [1.165, 1.54) is 18.2 Å². The number of benzene rings is 2. The summed E-state index contributed by atoms with van der Waals surface area (Å²) in [5.74, 6) is -0.224. The zero-order valence-electron chi connectivity index (χ0n) is 15.3. The number of halogens is 4. The molecule has 0 atom stereocenters. The van der Waals surface area contributed by atoms with Gasteiger partial charge in [0.15, 0.2) is 0 Å². The highest BCUT2D eigenvalue weighted by Crippen LogP contribution is 2.31. The Morgan fingerprint density at radius 3 is 2.48 bits per heavy atom. The van der Waals surface area contributed by atoms with Gasteiger partial charge in [-0.2, -0.15) is 18.4 Å². The Labute approximate surface area is 171 Å². The quantitative estimate of drug-likeness (QED) is 0.809. The first-order valence-corrected chi connectivity index (χ1v) is 9.28. The molecule has 0 radical (unpaired) electrons. The van der Waals surface area contributed by atoms with Crippen LogP contribution in [0, 0.1) is 11.3 Å². The van der Waals surface area contributed by atoms with Gasteiger partial charge in [0.2, 0.25) is 5.91 Å². The molecule has 1 N–H and O–H groups in total. The molecule has 0 spiro atoms. The highest BCUT2D eigenvalue weighted by Gasteiger charge is 2.31. The summed E-state index contributed by atoms with van der Waals surface area (Å²) in [5, 5.41) is 11.9. The predicted octanol–water partition coefficient (Wildman–Crippen LogP) is 3.99. The Balaban J connectivity index is 1.53. The first-order valence-electron chi connectivity index (χ1n) is 8.90. The van der Waals surface area contributed by atoms with Gasteiger partial charge in [-0.1, -0.05) is 17.7 Å². The van der Waals surface area contributed by atoms with Crippen molar-refractivity contribution in [3.05, 3.63) is 58.6 Å². The van der Waals surface area contributed by atoms with E-state index in [0.29, 0.717) is 43.1 Å². The average Bonchev–Trinajstić information content (AvgIpc) is 2.68. The minimum absolute atomic E-state index is 0.161. The normalized spacial score (nSPS) is 15.1. The number of nitrogens with zero attached hydrogens (tertiary/aromatic N) is 3. The van der Waals surface area contributed by atoms with E-state index >= 15 is 0 Å². The molecule has 1 amide bonds. The maximum absolute atomic E-state index is 12.9. The summed E-state index contributed by atoms with van der Waals surface area (Å²) in [7, 11) is 0. The van der Waals surface area contributed by atoms with Crippen molar-refractivity contribution in [3.8, 4) is 6.07 Å². The number of hydrogen-bond acceptors (Lipinski definition) is 4. The molecule has 3 rings (SSSR count). The van der Waals surface area contributed by atoms with Gasteiger partial charge in [-0.3, -0.25) is 9.69 Å². The van der Waals surface area contributed by atoms with Crippen LogP contribution < -0.4 is 10.2 Å². The van der Waals surface area contributed by atoms with Crippen molar-refractivity contribution in [2.24, 2.45) is 0 Å². The lowest BCUT2D eigenvalue weighted by Gasteiger charge is -2.36. The highest BCUT2D eigenvalue weighted by atomic mass is 35.5. The molecule has 0 aromatic heterocycles. The van der Waals surface area contributed by atoms with Crippen molar-refractivity contribution < 1.29 is 18.0 Å². The molecule has 1 aliphatic heterocycles. The van der Waals surface area contributed by atoms with Gasteiger partial charge in [-0.25, -0.2) is 0 Å². The molecule has 0 saturated carbocycles. The van der Waals surface area contributed by atoms with Crippen molar-refractivity contribution in [3.63, 3.8) is 0 Å². The van der Waals surface area contributed by atoms with Crippen LogP contribution in [0.5, 0.6) is 0 Å². The van der Waals surface area contributed by atoms with E-state index in [2.05, 4.69) is 5.32 Å². The summed E-state index contributed by atoms with van der Waals surface area (Å²) in [4.78, 5) is 16.1. The summed E-state index contributed by atoms with van der Waals surface area (Å²) in [6.45, 7) is 2.32. The van der Waals surface area contributed by atoms with Crippen LogP contribution in [0.15, 0.2) is 42.5 Å². The fraction of sp³-hybridized carbons (Fsp3) is 0.300. The van der Waals surface area contributed by atoms with Crippen LogP contribution in [-0.4, -0.2) is 43.5 Å². The van der Waals surface area contributed by atoms with Crippen LogP contribution >= 0.6 is 11.6 Å². The van der Waals surface area contributed by atoms with Crippen molar-refractivity contribution >= 4 is 28.9 Å². The Morgan fingerprint density at radius 1 is 1.14 bits per heavy atom. The number of rotatable bonds is 4. The third kappa shape index (κ3) is 5.40. The van der Waals surface area contributed by atoms with Gasteiger partial charge in [0, 0.05) is 37.6 Å². The third-order valence-corrected chi connectivity index (χ3v) is 4.96. The van der Waals surface area contributed by atoms with E-state index in [1.807, 2.05) is 15.9 Å². The number of hydrogen-bond donors (Lipinski definition) is 1. The maximum Gasteiger partial charge on any atom is 0.416 e. The molecule has 5 nitrogen and oxygen atoms in total. The fourth-order valence-corrected chi connectivity index (χ4v) is 3.35. The molecule has 2 aromatic carbocycles. The molecule has 2 aromatic rings. The van der Waals surface area contributed by atoms with Gasteiger partial charge in [-0.05, 0) is 36.4 Å². The highest BCUT2D eigenvalue weighted by molar-refractivity contribution is 6.32.